The molecule has 1 unspecified atom stereocenters. The third-order valence-electron chi connectivity index (χ3n) is 0.878. The van der Waals surface area contributed by atoms with E-state index in [9.17, 15) is 0 Å². The molecular formula is C5HCl4. The van der Waals surface area contributed by atoms with Gasteiger partial charge in [0.1, 0.15) is 0 Å². The van der Waals surface area contributed by atoms with Crippen molar-refractivity contribution >= 4 is 46.4 Å². The standard InChI is InChI=1S/C5HCl4/c6-2-1-3(7)5(9)4(2)8/h2H. The summed E-state index contributed by atoms with van der Waals surface area (Å²) in [5.74, 6) is 0. The first-order valence-corrected chi connectivity index (χ1v) is 3.68. The SMILES string of the molecule is ClC1=[C]C(Cl)C(Cl)=C1Cl. The molecular weight excluding hydrogens is 202 g/mol. The van der Waals surface area contributed by atoms with E-state index in [1.165, 1.54) is 0 Å². The molecule has 1 aliphatic carbocycles. The van der Waals surface area contributed by atoms with Crippen LogP contribution in [0.2, 0.25) is 0 Å². The van der Waals surface area contributed by atoms with Crippen LogP contribution < -0.4 is 0 Å². The van der Waals surface area contributed by atoms with Gasteiger partial charge < -0.3 is 0 Å². The Bertz CT molecular complexity index is 191. The number of hydrogen-bond acceptors (Lipinski definition) is 0. The Hall–Kier alpha value is 0.640. The van der Waals surface area contributed by atoms with E-state index in [0.717, 1.165) is 0 Å². The molecule has 1 radical (unpaired) electrons. The summed E-state index contributed by atoms with van der Waals surface area (Å²) in [5.41, 5.74) is 0. The average Bonchev–Trinajstić information content (AvgIpc) is 1.98. The van der Waals surface area contributed by atoms with Crippen molar-refractivity contribution in [3.05, 3.63) is 21.2 Å². The van der Waals surface area contributed by atoms with Gasteiger partial charge in [0.05, 0.1) is 20.5 Å². The minimum absolute atomic E-state index is 0.304. The zero-order chi connectivity index (χ0) is 7.02. The van der Waals surface area contributed by atoms with Crippen molar-refractivity contribution in [3.8, 4) is 0 Å². The first-order valence-electron chi connectivity index (χ1n) is 2.11. The summed E-state index contributed by atoms with van der Waals surface area (Å²) in [6, 6.07) is 0. The van der Waals surface area contributed by atoms with Gasteiger partial charge in [-0.3, -0.25) is 0 Å². The van der Waals surface area contributed by atoms with Gasteiger partial charge in [-0.15, -0.1) is 11.6 Å². The van der Waals surface area contributed by atoms with Crippen molar-refractivity contribution in [1.29, 1.82) is 0 Å². The molecule has 0 heterocycles. The number of hydrogen-bond donors (Lipinski definition) is 0. The maximum Gasteiger partial charge on any atom is 0.0975 e. The predicted octanol–water partition coefficient (Wildman–Crippen LogP) is 3.22. The zero-order valence-electron chi connectivity index (χ0n) is 4.09. The van der Waals surface area contributed by atoms with E-state index < -0.39 is 5.38 Å². The molecule has 1 rings (SSSR count). The fraction of sp³-hybridized carbons (Fsp3) is 0.200. The van der Waals surface area contributed by atoms with Crippen LogP contribution in [-0.2, 0) is 0 Å². The van der Waals surface area contributed by atoms with Crippen LogP contribution in [0.5, 0.6) is 0 Å². The number of allylic oxidation sites excluding steroid dienone is 4. The molecule has 4 heteroatoms. The van der Waals surface area contributed by atoms with Crippen LogP contribution in [0.3, 0.4) is 0 Å². The summed E-state index contributed by atoms with van der Waals surface area (Å²) in [4.78, 5) is 0. The fourth-order valence-electron chi connectivity index (χ4n) is 0.454. The maximum absolute atomic E-state index is 5.56. The van der Waals surface area contributed by atoms with Gasteiger partial charge in [-0.05, 0) is 0 Å². The Morgan fingerprint density at radius 2 is 1.78 bits per heavy atom. The molecule has 0 N–H and O–H groups in total. The highest BCUT2D eigenvalue weighted by Crippen LogP contribution is 2.36. The highest BCUT2D eigenvalue weighted by Gasteiger charge is 2.21. The van der Waals surface area contributed by atoms with Gasteiger partial charge in [-0.1, -0.05) is 34.8 Å². The van der Waals surface area contributed by atoms with Crippen molar-refractivity contribution < 1.29 is 0 Å². The number of rotatable bonds is 0. The Kier molecular flexibility index (Phi) is 2.33. The first-order chi connectivity index (χ1) is 4.13. The van der Waals surface area contributed by atoms with Crippen LogP contribution in [0.25, 0.3) is 0 Å². The van der Waals surface area contributed by atoms with Gasteiger partial charge in [0.2, 0.25) is 0 Å². The molecule has 0 nitrogen and oxygen atoms in total. The molecule has 0 amide bonds. The number of alkyl halides is 1. The molecule has 49 valence electrons. The predicted molar refractivity (Wildman–Crippen MR) is 41.0 cm³/mol. The average molecular weight is 203 g/mol. The molecule has 0 aromatic heterocycles. The maximum atomic E-state index is 5.56. The zero-order valence-corrected chi connectivity index (χ0v) is 7.11. The van der Waals surface area contributed by atoms with E-state index in [1.54, 1.807) is 0 Å². The van der Waals surface area contributed by atoms with E-state index in [-0.39, 0.29) is 0 Å². The minimum atomic E-state index is -0.466. The Balaban J connectivity index is 2.97. The Morgan fingerprint density at radius 1 is 1.22 bits per heavy atom. The van der Waals surface area contributed by atoms with Crippen molar-refractivity contribution in [2.75, 3.05) is 0 Å². The molecule has 0 bridgehead atoms. The van der Waals surface area contributed by atoms with Crippen LogP contribution in [0, 0.1) is 6.08 Å². The number of halogens is 4. The van der Waals surface area contributed by atoms with Gasteiger partial charge in [0, 0.05) is 6.08 Å². The quantitative estimate of drug-likeness (QED) is 0.530. The second-order valence-electron chi connectivity index (χ2n) is 1.48. The lowest BCUT2D eigenvalue weighted by Crippen LogP contribution is -1.87. The third-order valence-corrected chi connectivity index (χ3v) is 2.61. The highest BCUT2D eigenvalue weighted by molar-refractivity contribution is 6.51. The molecule has 1 atom stereocenters. The normalized spacial score (nSPS) is 27.1. The molecule has 1 aliphatic rings. The first kappa shape index (κ1) is 7.74. The lowest BCUT2D eigenvalue weighted by molar-refractivity contribution is 1.36. The Morgan fingerprint density at radius 3 is 1.89 bits per heavy atom. The topological polar surface area (TPSA) is 0 Å². The summed E-state index contributed by atoms with van der Waals surface area (Å²) in [6.07, 6.45) is 2.63. The fourth-order valence-corrected chi connectivity index (χ4v) is 1.36. The van der Waals surface area contributed by atoms with Crippen molar-refractivity contribution in [1.82, 2.24) is 0 Å². The van der Waals surface area contributed by atoms with E-state index in [0.29, 0.717) is 15.1 Å². The molecule has 0 saturated heterocycles. The van der Waals surface area contributed by atoms with Crippen molar-refractivity contribution in [3.63, 3.8) is 0 Å². The van der Waals surface area contributed by atoms with E-state index in [2.05, 4.69) is 6.08 Å². The lowest BCUT2D eigenvalue weighted by atomic mass is 10.5. The molecule has 0 aromatic carbocycles. The summed E-state index contributed by atoms with van der Waals surface area (Å²) in [6.45, 7) is 0. The second-order valence-corrected chi connectivity index (χ2v) is 3.08. The highest BCUT2D eigenvalue weighted by atomic mass is 35.5. The van der Waals surface area contributed by atoms with Gasteiger partial charge in [-0.2, -0.15) is 0 Å². The van der Waals surface area contributed by atoms with Crippen LogP contribution in [-0.4, -0.2) is 5.38 Å². The van der Waals surface area contributed by atoms with E-state index in [1.807, 2.05) is 0 Å². The molecule has 0 spiro atoms. The largest absolute Gasteiger partial charge is 0.111 e. The third kappa shape index (κ3) is 1.38. The van der Waals surface area contributed by atoms with Crippen LogP contribution in [0.15, 0.2) is 15.1 Å². The molecule has 0 aliphatic heterocycles. The Labute approximate surface area is 73.0 Å². The molecule has 9 heavy (non-hydrogen) atoms. The lowest BCUT2D eigenvalue weighted by Gasteiger charge is -1.92. The molecule has 0 fully saturated rings. The van der Waals surface area contributed by atoms with Crippen LogP contribution in [0.1, 0.15) is 0 Å². The van der Waals surface area contributed by atoms with Crippen molar-refractivity contribution in [2.24, 2.45) is 0 Å². The van der Waals surface area contributed by atoms with E-state index in [4.69, 9.17) is 46.4 Å². The van der Waals surface area contributed by atoms with Gasteiger partial charge in [0.25, 0.3) is 0 Å². The summed E-state index contributed by atoms with van der Waals surface area (Å²) in [7, 11) is 0. The molecule has 0 saturated carbocycles. The monoisotopic (exact) mass is 201 g/mol. The summed E-state index contributed by atoms with van der Waals surface area (Å²) >= 11 is 22.2. The van der Waals surface area contributed by atoms with Gasteiger partial charge >= 0.3 is 0 Å². The van der Waals surface area contributed by atoms with Crippen LogP contribution >= 0.6 is 46.4 Å². The minimum Gasteiger partial charge on any atom is -0.111 e. The summed E-state index contributed by atoms with van der Waals surface area (Å²) < 4.78 is 0. The van der Waals surface area contributed by atoms with Crippen molar-refractivity contribution in [2.45, 2.75) is 5.38 Å². The van der Waals surface area contributed by atoms with Gasteiger partial charge in [0.15, 0.2) is 0 Å². The molecule has 0 aromatic rings. The summed E-state index contributed by atoms with van der Waals surface area (Å²) in [5, 5.41) is 0.495. The van der Waals surface area contributed by atoms with Crippen LogP contribution in [0.4, 0.5) is 0 Å². The second kappa shape index (κ2) is 2.71. The van der Waals surface area contributed by atoms with Gasteiger partial charge in [-0.25, -0.2) is 0 Å². The smallest absolute Gasteiger partial charge is 0.0975 e. The van der Waals surface area contributed by atoms with E-state index >= 15 is 0 Å².